The van der Waals surface area contributed by atoms with Crippen molar-refractivity contribution in [3.05, 3.63) is 33.4 Å². The molecule has 0 radical (unpaired) electrons. The smallest absolute Gasteiger partial charge is 0.263 e. The van der Waals surface area contributed by atoms with E-state index in [1.54, 1.807) is 22.0 Å². The Hall–Kier alpha value is -1.15. The number of fused-ring (bicyclic) bond motifs is 3. The third-order valence-electron chi connectivity index (χ3n) is 4.39. The fourth-order valence-corrected chi connectivity index (χ4v) is 5.45. The zero-order valence-electron chi connectivity index (χ0n) is 14.5. The largest absolute Gasteiger partial charge is 0.394 e. The van der Waals surface area contributed by atoms with Crippen molar-refractivity contribution in [2.75, 3.05) is 25.6 Å². The highest BCUT2D eigenvalue weighted by molar-refractivity contribution is 7.99. The summed E-state index contributed by atoms with van der Waals surface area (Å²) in [7, 11) is 0. The molecule has 0 bridgehead atoms. The fourth-order valence-electron chi connectivity index (χ4n) is 3.16. The van der Waals surface area contributed by atoms with Gasteiger partial charge in [-0.3, -0.25) is 9.36 Å². The Morgan fingerprint density at radius 1 is 1.52 bits per heavy atom. The van der Waals surface area contributed by atoms with Gasteiger partial charge in [0.05, 0.1) is 25.2 Å². The maximum Gasteiger partial charge on any atom is 0.263 e. The molecule has 136 valence electrons. The van der Waals surface area contributed by atoms with E-state index in [9.17, 15) is 4.79 Å². The van der Waals surface area contributed by atoms with Crippen molar-refractivity contribution < 1.29 is 9.84 Å². The quantitative estimate of drug-likeness (QED) is 0.330. The summed E-state index contributed by atoms with van der Waals surface area (Å²) in [6, 6.07) is 0. The summed E-state index contributed by atoms with van der Waals surface area (Å²) in [4.78, 5) is 20.1. The molecule has 0 aliphatic heterocycles. The molecule has 25 heavy (non-hydrogen) atoms. The van der Waals surface area contributed by atoms with Gasteiger partial charge in [0.15, 0.2) is 5.16 Å². The van der Waals surface area contributed by atoms with Crippen LogP contribution < -0.4 is 5.56 Å². The van der Waals surface area contributed by atoms with Gasteiger partial charge in [-0.15, -0.1) is 17.9 Å². The van der Waals surface area contributed by atoms with Crippen molar-refractivity contribution in [3.63, 3.8) is 0 Å². The Morgan fingerprint density at radius 3 is 3.12 bits per heavy atom. The fraction of sp³-hybridized carbons (Fsp3) is 0.556. The lowest BCUT2D eigenvalue weighted by molar-refractivity contribution is 0.103. The van der Waals surface area contributed by atoms with E-state index in [0.717, 1.165) is 34.6 Å². The van der Waals surface area contributed by atoms with Crippen molar-refractivity contribution in [2.45, 2.75) is 37.9 Å². The highest BCUT2D eigenvalue weighted by Gasteiger charge is 2.24. The van der Waals surface area contributed by atoms with E-state index < -0.39 is 0 Å². The highest BCUT2D eigenvalue weighted by atomic mass is 32.2. The molecule has 7 heteroatoms. The second-order valence-corrected chi connectivity index (χ2v) is 8.46. The van der Waals surface area contributed by atoms with Crippen LogP contribution in [0.15, 0.2) is 22.6 Å². The van der Waals surface area contributed by atoms with E-state index in [1.807, 2.05) is 0 Å². The zero-order chi connectivity index (χ0) is 17.8. The van der Waals surface area contributed by atoms with Crippen LogP contribution in [0, 0.1) is 5.92 Å². The number of aromatic nitrogens is 2. The lowest BCUT2D eigenvalue weighted by atomic mass is 9.89. The molecule has 0 aromatic carbocycles. The Balaban J connectivity index is 1.95. The molecule has 2 heterocycles. The van der Waals surface area contributed by atoms with Crippen LogP contribution in [-0.2, 0) is 24.1 Å². The summed E-state index contributed by atoms with van der Waals surface area (Å²) in [6.45, 7) is 7.38. The number of hydrogen-bond donors (Lipinski definition) is 1. The van der Waals surface area contributed by atoms with E-state index in [4.69, 9.17) is 14.8 Å². The van der Waals surface area contributed by atoms with Gasteiger partial charge < -0.3 is 9.84 Å². The second-order valence-electron chi connectivity index (χ2n) is 6.32. The van der Waals surface area contributed by atoms with E-state index in [1.165, 1.54) is 22.2 Å². The lowest BCUT2D eigenvalue weighted by Gasteiger charge is -2.17. The average Bonchev–Trinajstić information content (AvgIpc) is 2.95. The van der Waals surface area contributed by atoms with Crippen LogP contribution in [0.2, 0.25) is 0 Å². The molecular weight excluding hydrogens is 356 g/mol. The number of nitrogens with zero attached hydrogens (tertiary/aromatic N) is 2. The normalized spacial score (nSPS) is 17.0. The van der Waals surface area contributed by atoms with Crippen LogP contribution in [0.5, 0.6) is 0 Å². The van der Waals surface area contributed by atoms with Crippen LogP contribution in [-0.4, -0.2) is 40.2 Å². The number of aliphatic hydroxyl groups excluding tert-OH is 1. The number of ether oxygens (including phenoxy) is 1. The van der Waals surface area contributed by atoms with Gasteiger partial charge in [0.2, 0.25) is 0 Å². The van der Waals surface area contributed by atoms with Gasteiger partial charge in [-0.2, -0.15) is 0 Å². The van der Waals surface area contributed by atoms with Gasteiger partial charge in [0, 0.05) is 17.2 Å². The van der Waals surface area contributed by atoms with E-state index >= 15 is 0 Å². The molecule has 0 amide bonds. The first kappa shape index (κ1) is 18.6. The number of hydrogen-bond acceptors (Lipinski definition) is 6. The summed E-state index contributed by atoms with van der Waals surface area (Å²) < 4.78 is 7.02. The van der Waals surface area contributed by atoms with Gasteiger partial charge in [-0.1, -0.05) is 24.8 Å². The van der Waals surface area contributed by atoms with Crippen LogP contribution in [0.25, 0.3) is 10.2 Å². The minimum atomic E-state index is 0.0230. The number of thioether (sulfide) groups is 1. The summed E-state index contributed by atoms with van der Waals surface area (Å²) >= 11 is 3.20. The molecule has 2 aromatic rings. The Labute approximate surface area is 155 Å². The number of rotatable bonds is 8. The van der Waals surface area contributed by atoms with Crippen molar-refractivity contribution in [2.24, 2.45) is 5.92 Å². The molecule has 1 atom stereocenters. The molecule has 5 nitrogen and oxygen atoms in total. The molecule has 2 aromatic heterocycles. The first-order chi connectivity index (χ1) is 12.2. The second kappa shape index (κ2) is 8.49. The topological polar surface area (TPSA) is 64.3 Å². The van der Waals surface area contributed by atoms with E-state index in [0.29, 0.717) is 31.4 Å². The summed E-state index contributed by atoms with van der Waals surface area (Å²) in [5.41, 5.74) is 1.27. The standard InChI is InChI=1S/C18H24N2O3S2/c1-3-6-20-17(22)15-13-5-4-12(2)11-14(13)25-16(15)19-18(20)24-10-9-23-8-7-21/h3,12,21H,1,4-11H2,2H3. The summed E-state index contributed by atoms with van der Waals surface area (Å²) in [5.74, 6) is 1.37. The first-order valence-electron chi connectivity index (χ1n) is 8.63. The van der Waals surface area contributed by atoms with Gasteiger partial charge in [0.25, 0.3) is 5.56 Å². The molecule has 1 aliphatic carbocycles. The minimum Gasteiger partial charge on any atom is -0.394 e. The van der Waals surface area contributed by atoms with Crippen LogP contribution in [0.4, 0.5) is 0 Å². The van der Waals surface area contributed by atoms with Gasteiger partial charge in [-0.05, 0) is 30.7 Å². The predicted molar refractivity (Wildman–Crippen MR) is 104 cm³/mol. The monoisotopic (exact) mass is 380 g/mol. The molecule has 1 aliphatic rings. The molecule has 0 spiro atoms. The predicted octanol–water partition coefficient (Wildman–Crippen LogP) is 2.87. The lowest BCUT2D eigenvalue weighted by Crippen LogP contribution is -2.23. The first-order valence-corrected chi connectivity index (χ1v) is 10.4. The minimum absolute atomic E-state index is 0.0230. The van der Waals surface area contributed by atoms with E-state index in [2.05, 4.69) is 13.5 Å². The highest BCUT2D eigenvalue weighted by Crippen LogP contribution is 2.36. The molecular formula is C18H24N2O3S2. The van der Waals surface area contributed by atoms with Gasteiger partial charge in [-0.25, -0.2) is 4.98 Å². The number of aliphatic hydroxyl groups is 1. The van der Waals surface area contributed by atoms with E-state index in [-0.39, 0.29) is 12.2 Å². The number of aryl methyl sites for hydroxylation is 1. The van der Waals surface area contributed by atoms with Crippen molar-refractivity contribution in [3.8, 4) is 0 Å². The van der Waals surface area contributed by atoms with Crippen molar-refractivity contribution in [1.82, 2.24) is 9.55 Å². The van der Waals surface area contributed by atoms with Crippen molar-refractivity contribution in [1.29, 1.82) is 0 Å². The molecule has 0 saturated heterocycles. The summed E-state index contributed by atoms with van der Waals surface area (Å²) in [6.07, 6.45) is 4.90. The molecule has 3 rings (SSSR count). The molecule has 1 N–H and O–H groups in total. The van der Waals surface area contributed by atoms with Gasteiger partial charge >= 0.3 is 0 Å². The third kappa shape index (κ3) is 4.00. The average molecular weight is 381 g/mol. The Morgan fingerprint density at radius 2 is 2.36 bits per heavy atom. The number of thiophene rings is 1. The van der Waals surface area contributed by atoms with Gasteiger partial charge in [0.1, 0.15) is 4.83 Å². The molecule has 1 unspecified atom stereocenters. The van der Waals surface area contributed by atoms with Crippen LogP contribution in [0.1, 0.15) is 23.8 Å². The Kier molecular flexibility index (Phi) is 6.33. The van der Waals surface area contributed by atoms with Crippen LogP contribution >= 0.6 is 23.1 Å². The van der Waals surface area contributed by atoms with Crippen molar-refractivity contribution >= 4 is 33.3 Å². The third-order valence-corrected chi connectivity index (χ3v) is 6.48. The maximum atomic E-state index is 13.1. The molecule has 0 saturated carbocycles. The maximum absolute atomic E-state index is 13.1. The zero-order valence-corrected chi connectivity index (χ0v) is 16.1. The SMILES string of the molecule is C=CCn1c(SCCOCCO)nc2sc3c(c2c1=O)CCC(C)C3. The Bertz CT molecular complexity index is 813. The summed E-state index contributed by atoms with van der Waals surface area (Å²) in [5, 5.41) is 10.3. The number of allylic oxidation sites excluding steroid dienone is 1. The molecule has 0 fully saturated rings. The van der Waals surface area contributed by atoms with Crippen LogP contribution in [0.3, 0.4) is 0 Å².